The number of hydrogen-bond donors (Lipinski definition) is 1. The molecule has 0 aliphatic rings. The Labute approximate surface area is 91.7 Å². The number of hydrogen-bond acceptors (Lipinski definition) is 1. The molecule has 0 heterocycles. The average molecular weight is 209 g/mol. The summed E-state index contributed by atoms with van der Waals surface area (Å²) in [6.07, 6.45) is 0.760. The number of aryl methyl sites for hydroxylation is 2. The Morgan fingerprint density at radius 3 is 2.47 bits per heavy atom. The van der Waals surface area contributed by atoms with E-state index in [0.29, 0.717) is 6.04 Å². The lowest BCUT2D eigenvalue weighted by atomic mass is 10.0. The molecule has 0 unspecified atom stereocenters. The van der Waals surface area contributed by atoms with Crippen LogP contribution < -0.4 is 5.32 Å². The second-order valence-corrected chi connectivity index (χ2v) is 4.40. The van der Waals surface area contributed by atoms with E-state index in [1.165, 1.54) is 0 Å². The van der Waals surface area contributed by atoms with Crippen molar-refractivity contribution in [1.82, 2.24) is 5.32 Å². The minimum Gasteiger partial charge on any atom is -0.314 e. The van der Waals surface area contributed by atoms with Crippen LogP contribution in [-0.4, -0.2) is 12.6 Å². The molecule has 0 aliphatic carbocycles. The Balaban J connectivity index is 2.68. The van der Waals surface area contributed by atoms with Crippen LogP contribution in [0.2, 0.25) is 0 Å². The van der Waals surface area contributed by atoms with Crippen molar-refractivity contribution in [1.29, 1.82) is 0 Å². The van der Waals surface area contributed by atoms with Gasteiger partial charge >= 0.3 is 0 Å². The Morgan fingerprint density at radius 1 is 1.27 bits per heavy atom. The van der Waals surface area contributed by atoms with Crippen LogP contribution in [0.15, 0.2) is 12.1 Å². The fourth-order valence-corrected chi connectivity index (χ4v) is 1.75. The highest BCUT2D eigenvalue weighted by Gasteiger charge is 2.06. The molecule has 1 N–H and O–H groups in total. The molecule has 0 radical (unpaired) electrons. The predicted octanol–water partition coefficient (Wildman–Crippen LogP) is 2.98. The van der Waals surface area contributed by atoms with Crippen LogP contribution >= 0.6 is 0 Å². The van der Waals surface area contributed by atoms with Gasteiger partial charge in [0, 0.05) is 6.04 Å². The van der Waals surface area contributed by atoms with Crippen LogP contribution in [0.4, 0.5) is 4.39 Å². The zero-order chi connectivity index (χ0) is 11.4. The van der Waals surface area contributed by atoms with Gasteiger partial charge in [0.15, 0.2) is 0 Å². The van der Waals surface area contributed by atoms with Gasteiger partial charge in [0.1, 0.15) is 5.82 Å². The van der Waals surface area contributed by atoms with Crippen LogP contribution in [0.1, 0.15) is 30.5 Å². The molecule has 1 aromatic rings. The largest absolute Gasteiger partial charge is 0.314 e. The van der Waals surface area contributed by atoms with Crippen molar-refractivity contribution in [3.05, 3.63) is 34.6 Å². The summed E-state index contributed by atoms with van der Waals surface area (Å²) in [4.78, 5) is 0. The van der Waals surface area contributed by atoms with Gasteiger partial charge in [-0.2, -0.15) is 0 Å². The lowest BCUT2D eigenvalue weighted by Crippen LogP contribution is -2.25. The van der Waals surface area contributed by atoms with E-state index in [0.717, 1.165) is 29.7 Å². The summed E-state index contributed by atoms with van der Waals surface area (Å²) in [5.74, 6) is -0.0712. The standard InChI is InChI=1S/C13H20FN/c1-9(2)15-6-5-12-11(4)7-10(3)8-13(12)14/h7-9,15H,5-6H2,1-4H3. The monoisotopic (exact) mass is 209 g/mol. The minimum absolute atomic E-state index is 0.0712. The van der Waals surface area contributed by atoms with Gasteiger partial charge in [0.25, 0.3) is 0 Å². The first-order valence-corrected chi connectivity index (χ1v) is 5.49. The van der Waals surface area contributed by atoms with Crippen LogP contribution in [0.3, 0.4) is 0 Å². The lowest BCUT2D eigenvalue weighted by Gasteiger charge is -2.11. The molecule has 0 saturated heterocycles. The number of rotatable bonds is 4. The van der Waals surface area contributed by atoms with Gasteiger partial charge in [0.05, 0.1) is 0 Å². The first-order valence-electron chi connectivity index (χ1n) is 5.49. The summed E-state index contributed by atoms with van der Waals surface area (Å²) in [6, 6.07) is 4.10. The van der Waals surface area contributed by atoms with E-state index in [-0.39, 0.29) is 5.82 Å². The molecule has 0 amide bonds. The molecule has 0 aromatic heterocycles. The maximum absolute atomic E-state index is 13.6. The molecule has 0 spiro atoms. The van der Waals surface area contributed by atoms with Crippen LogP contribution in [-0.2, 0) is 6.42 Å². The van der Waals surface area contributed by atoms with Crippen LogP contribution in [0.25, 0.3) is 0 Å². The molecule has 0 aliphatic heterocycles. The van der Waals surface area contributed by atoms with E-state index < -0.39 is 0 Å². The number of nitrogens with one attached hydrogen (secondary N) is 1. The third-order valence-corrected chi connectivity index (χ3v) is 2.49. The second kappa shape index (κ2) is 5.26. The fourth-order valence-electron chi connectivity index (χ4n) is 1.75. The fraction of sp³-hybridized carbons (Fsp3) is 0.538. The van der Waals surface area contributed by atoms with E-state index >= 15 is 0 Å². The highest BCUT2D eigenvalue weighted by atomic mass is 19.1. The quantitative estimate of drug-likeness (QED) is 0.804. The maximum atomic E-state index is 13.6. The predicted molar refractivity (Wildman–Crippen MR) is 62.7 cm³/mol. The van der Waals surface area contributed by atoms with Crippen molar-refractivity contribution in [3.8, 4) is 0 Å². The highest BCUT2D eigenvalue weighted by molar-refractivity contribution is 5.32. The van der Waals surface area contributed by atoms with Gasteiger partial charge in [0.2, 0.25) is 0 Å². The molecular formula is C13H20FN. The third kappa shape index (κ3) is 3.63. The Kier molecular flexibility index (Phi) is 4.28. The summed E-state index contributed by atoms with van der Waals surface area (Å²) < 4.78 is 13.6. The van der Waals surface area contributed by atoms with Crippen molar-refractivity contribution < 1.29 is 4.39 Å². The zero-order valence-corrected chi connectivity index (χ0v) is 10.0. The molecule has 1 rings (SSSR count). The first kappa shape index (κ1) is 12.2. The number of benzene rings is 1. The van der Waals surface area contributed by atoms with Crippen LogP contribution in [0, 0.1) is 19.7 Å². The first-order chi connectivity index (χ1) is 7.00. The van der Waals surface area contributed by atoms with Gasteiger partial charge in [-0.15, -0.1) is 0 Å². The van der Waals surface area contributed by atoms with E-state index in [2.05, 4.69) is 19.2 Å². The van der Waals surface area contributed by atoms with Crippen LogP contribution in [0.5, 0.6) is 0 Å². The van der Waals surface area contributed by atoms with Crippen molar-refractivity contribution in [3.63, 3.8) is 0 Å². The smallest absolute Gasteiger partial charge is 0.126 e. The summed E-state index contributed by atoms with van der Waals surface area (Å²) in [6.45, 7) is 8.92. The van der Waals surface area contributed by atoms with Gasteiger partial charge in [-0.25, -0.2) is 4.39 Å². The Hall–Kier alpha value is -0.890. The second-order valence-electron chi connectivity index (χ2n) is 4.40. The van der Waals surface area contributed by atoms with E-state index in [1.807, 2.05) is 19.9 Å². The molecule has 84 valence electrons. The third-order valence-electron chi connectivity index (χ3n) is 2.49. The zero-order valence-electron chi connectivity index (χ0n) is 10.0. The summed E-state index contributed by atoms with van der Waals surface area (Å²) in [7, 11) is 0. The van der Waals surface area contributed by atoms with Crippen molar-refractivity contribution >= 4 is 0 Å². The molecule has 15 heavy (non-hydrogen) atoms. The molecule has 0 bridgehead atoms. The van der Waals surface area contributed by atoms with E-state index in [1.54, 1.807) is 6.07 Å². The summed E-state index contributed by atoms with van der Waals surface area (Å²) in [5, 5.41) is 3.30. The molecule has 2 heteroatoms. The lowest BCUT2D eigenvalue weighted by molar-refractivity contribution is 0.566. The van der Waals surface area contributed by atoms with Crippen molar-refractivity contribution in [2.24, 2.45) is 0 Å². The molecule has 0 saturated carbocycles. The molecule has 0 atom stereocenters. The van der Waals surface area contributed by atoms with Crippen molar-refractivity contribution in [2.45, 2.75) is 40.2 Å². The normalized spacial score (nSPS) is 11.1. The SMILES string of the molecule is Cc1cc(C)c(CCNC(C)C)c(F)c1. The Bertz CT molecular complexity index is 308. The summed E-state index contributed by atoms with van der Waals surface area (Å²) >= 11 is 0. The van der Waals surface area contributed by atoms with Crippen molar-refractivity contribution in [2.75, 3.05) is 6.54 Å². The minimum atomic E-state index is -0.0712. The molecule has 1 nitrogen and oxygen atoms in total. The topological polar surface area (TPSA) is 12.0 Å². The van der Waals surface area contributed by atoms with Gasteiger partial charge in [-0.1, -0.05) is 19.9 Å². The Morgan fingerprint density at radius 2 is 1.93 bits per heavy atom. The maximum Gasteiger partial charge on any atom is 0.126 e. The number of halogens is 1. The molecule has 1 aromatic carbocycles. The van der Waals surface area contributed by atoms with Gasteiger partial charge in [-0.05, 0) is 49.6 Å². The highest BCUT2D eigenvalue weighted by Crippen LogP contribution is 2.15. The molecule has 0 fully saturated rings. The van der Waals surface area contributed by atoms with E-state index in [4.69, 9.17) is 0 Å². The average Bonchev–Trinajstić information content (AvgIpc) is 2.08. The summed E-state index contributed by atoms with van der Waals surface area (Å²) in [5.41, 5.74) is 2.89. The van der Waals surface area contributed by atoms with Gasteiger partial charge < -0.3 is 5.32 Å². The molecular weight excluding hydrogens is 189 g/mol. The van der Waals surface area contributed by atoms with Gasteiger partial charge in [-0.3, -0.25) is 0 Å². The van der Waals surface area contributed by atoms with E-state index in [9.17, 15) is 4.39 Å².